The maximum atomic E-state index is 6.47. The fraction of sp³-hybridized carbons (Fsp3) is 0.364. The van der Waals surface area contributed by atoms with Crippen molar-refractivity contribution >= 4 is 16.7 Å². The molecule has 4 nitrogen and oxygen atoms in total. The van der Waals surface area contributed by atoms with Crippen molar-refractivity contribution < 1.29 is 9.15 Å². The predicted molar refractivity (Wildman–Crippen MR) is 101 cm³/mol. The van der Waals surface area contributed by atoms with Crippen LogP contribution in [0.15, 0.2) is 59.2 Å². The summed E-state index contributed by atoms with van der Waals surface area (Å²) in [6.45, 7) is 3.65. The lowest BCUT2D eigenvalue weighted by Gasteiger charge is -2.49. The summed E-state index contributed by atoms with van der Waals surface area (Å²) in [7, 11) is 0. The average Bonchev–Trinajstić information content (AvgIpc) is 3.32. The number of hydrogen-bond acceptors (Lipinski definition) is 4. The summed E-state index contributed by atoms with van der Waals surface area (Å²) >= 11 is 0. The highest BCUT2D eigenvalue weighted by molar-refractivity contribution is 5.78. The van der Waals surface area contributed by atoms with E-state index < -0.39 is 0 Å². The normalized spacial score (nSPS) is 29.8. The number of benzene rings is 2. The van der Waals surface area contributed by atoms with Crippen molar-refractivity contribution in [1.29, 1.82) is 0 Å². The SMILES string of the molecule is c1ccc2c(c1)OC(c1ccc3occc3c1)N2C1CN2CCC1CC2. The standard InChI is InChI=1S/C22H22N2O2/c1-2-4-21-18(3-1)24(19-14-23-10-7-15(19)8-11-23)22(26-21)17-5-6-20-16(13-17)9-12-25-20/h1-6,9,12-13,15,19,22H,7-8,10-11,14H2. The van der Waals surface area contributed by atoms with Gasteiger partial charge in [0.1, 0.15) is 11.3 Å². The second kappa shape index (κ2) is 5.52. The Bertz CT molecular complexity index is 957. The van der Waals surface area contributed by atoms with Crippen molar-refractivity contribution in [2.75, 3.05) is 24.5 Å². The predicted octanol–water partition coefficient (Wildman–Crippen LogP) is 4.42. The smallest absolute Gasteiger partial charge is 0.199 e. The molecule has 2 atom stereocenters. The van der Waals surface area contributed by atoms with Crippen molar-refractivity contribution in [3.05, 3.63) is 60.4 Å². The highest BCUT2D eigenvalue weighted by Crippen LogP contribution is 2.48. The third-order valence-corrected chi connectivity index (χ3v) is 6.38. The zero-order chi connectivity index (χ0) is 17.1. The fourth-order valence-electron chi connectivity index (χ4n) is 5.04. The van der Waals surface area contributed by atoms with Gasteiger partial charge in [0.15, 0.2) is 6.23 Å². The summed E-state index contributed by atoms with van der Waals surface area (Å²) in [5, 5.41) is 1.14. The van der Waals surface area contributed by atoms with E-state index in [0.29, 0.717) is 6.04 Å². The van der Waals surface area contributed by atoms with Crippen LogP contribution in [0.5, 0.6) is 5.75 Å². The van der Waals surface area contributed by atoms with Gasteiger partial charge < -0.3 is 19.0 Å². The first-order chi connectivity index (χ1) is 12.9. The van der Waals surface area contributed by atoms with Crippen LogP contribution in [-0.4, -0.2) is 30.6 Å². The number of para-hydroxylation sites is 2. The molecule has 3 fully saturated rings. The summed E-state index contributed by atoms with van der Waals surface area (Å²) in [5.41, 5.74) is 3.37. The molecular formula is C22H22N2O2. The van der Waals surface area contributed by atoms with E-state index in [0.717, 1.165) is 29.2 Å². The maximum absolute atomic E-state index is 6.47. The van der Waals surface area contributed by atoms with Gasteiger partial charge in [-0.1, -0.05) is 12.1 Å². The molecule has 0 aliphatic carbocycles. The fourth-order valence-corrected chi connectivity index (χ4v) is 5.04. The Morgan fingerprint density at radius 3 is 2.69 bits per heavy atom. The van der Waals surface area contributed by atoms with Crippen LogP contribution in [0.25, 0.3) is 11.0 Å². The molecular weight excluding hydrogens is 324 g/mol. The summed E-state index contributed by atoms with van der Waals surface area (Å²) < 4.78 is 12.0. The quantitative estimate of drug-likeness (QED) is 0.687. The number of nitrogens with zero attached hydrogens (tertiary/aromatic N) is 2. The van der Waals surface area contributed by atoms with Gasteiger partial charge in [-0.15, -0.1) is 0 Å². The van der Waals surface area contributed by atoms with Gasteiger partial charge in [0.2, 0.25) is 0 Å². The molecule has 3 saturated heterocycles. The van der Waals surface area contributed by atoms with E-state index in [-0.39, 0.29) is 6.23 Å². The van der Waals surface area contributed by atoms with Crippen LogP contribution in [0.4, 0.5) is 5.69 Å². The Hall–Kier alpha value is -2.46. The molecule has 4 heteroatoms. The molecule has 26 heavy (non-hydrogen) atoms. The number of ether oxygens (including phenoxy) is 1. The number of rotatable bonds is 2. The van der Waals surface area contributed by atoms with E-state index in [4.69, 9.17) is 9.15 Å². The van der Waals surface area contributed by atoms with E-state index in [1.807, 2.05) is 6.07 Å². The molecule has 0 spiro atoms. The molecule has 4 aliphatic heterocycles. The Morgan fingerprint density at radius 2 is 1.85 bits per heavy atom. The number of anilines is 1. The van der Waals surface area contributed by atoms with E-state index in [9.17, 15) is 0 Å². The van der Waals surface area contributed by atoms with E-state index in [1.54, 1.807) is 6.26 Å². The summed E-state index contributed by atoms with van der Waals surface area (Å²) in [5.74, 6) is 1.76. The van der Waals surface area contributed by atoms with Gasteiger partial charge >= 0.3 is 0 Å². The second-order valence-corrected chi connectivity index (χ2v) is 7.77. The Morgan fingerprint density at radius 1 is 0.962 bits per heavy atom. The van der Waals surface area contributed by atoms with Gasteiger partial charge in [-0.25, -0.2) is 0 Å². The van der Waals surface area contributed by atoms with E-state index >= 15 is 0 Å². The molecule has 7 rings (SSSR count). The first kappa shape index (κ1) is 14.7. The lowest BCUT2D eigenvalue weighted by molar-refractivity contribution is 0.0700. The van der Waals surface area contributed by atoms with Gasteiger partial charge in [-0.05, 0) is 68.2 Å². The van der Waals surface area contributed by atoms with Crippen LogP contribution in [0.3, 0.4) is 0 Å². The molecule has 5 heterocycles. The average molecular weight is 346 g/mol. The first-order valence-electron chi connectivity index (χ1n) is 9.60. The molecule has 2 unspecified atom stereocenters. The first-order valence-corrected chi connectivity index (χ1v) is 9.60. The monoisotopic (exact) mass is 346 g/mol. The minimum absolute atomic E-state index is 0.0581. The Kier molecular flexibility index (Phi) is 3.12. The number of piperidine rings is 3. The van der Waals surface area contributed by atoms with Gasteiger partial charge in [0.25, 0.3) is 0 Å². The minimum atomic E-state index is -0.0581. The van der Waals surface area contributed by atoms with E-state index in [1.165, 1.54) is 37.2 Å². The summed E-state index contributed by atoms with van der Waals surface area (Å²) in [6.07, 6.45) is 4.30. The molecule has 2 aromatic carbocycles. The second-order valence-electron chi connectivity index (χ2n) is 7.77. The van der Waals surface area contributed by atoms with E-state index in [2.05, 4.69) is 52.3 Å². The molecule has 0 radical (unpaired) electrons. The molecule has 0 N–H and O–H groups in total. The van der Waals surface area contributed by atoms with Gasteiger partial charge in [-0.3, -0.25) is 0 Å². The molecule has 132 valence electrons. The lowest BCUT2D eigenvalue weighted by Crippen LogP contribution is -2.57. The number of hydrogen-bond donors (Lipinski definition) is 0. The molecule has 0 amide bonds. The van der Waals surface area contributed by atoms with Crippen molar-refractivity contribution in [3.63, 3.8) is 0 Å². The van der Waals surface area contributed by atoms with Crippen LogP contribution in [0.1, 0.15) is 24.6 Å². The lowest BCUT2D eigenvalue weighted by atomic mass is 9.82. The molecule has 0 saturated carbocycles. The van der Waals surface area contributed by atoms with Crippen LogP contribution < -0.4 is 9.64 Å². The number of furan rings is 1. The Balaban J connectivity index is 1.45. The zero-order valence-electron chi connectivity index (χ0n) is 14.7. The van der Waals surface area contributed by atoms with Gasteiger partial charge in [-0.2, -0.15) is 0 Å². The third-order valence-electron chi connectivity index (χ3n) is 6.38. The van der Waals surface area contributed by atoms with Gasteiger partial charge in [0.05, 0.1) is 12.0 Å². The molecule has 2 bridgehead atoms. The van der Waals surface area contributed by atoms with Crippen LogP contribution in [0.2, 0.25) is 0 Å². The van der Waals surface area contributed by atoms with Crippen LogP contribution >= 0.6 is 0 Å². The third kappa shape index (κ3) is 2.12. The molecule has 1 aromatic heterocycles. The summed E-state index contributed by atoms with van der Waals surface area (Å²) in [4.78, 5) is 5.16. The van der Waals surface area contributed by atoms with Gasteiger partial charge in [0, 0.05) is 23.5 Å². The van der Waals surface area contributed by atoms with Crippen LogP contribution in [-0.2, 0) is 0 Å². The summed E-state index contributed by atoms with van der Waals surface area (Å²) in [6, 6.07) is 17.5. The number of fused-ring (bicyclic) bond motifs is 5. The molecule has 3 aromatic rings. The Labute approximate surface area is 152 Å². The van der Waals surface area contributed by atoms with Crippen molar-refractivity contribution in [2.24, 2.45) is 5.92 Å². The molecule has 4 aliphatic rings. The van der Waals surface area contributed by atoms with Crippen molar-refractivity contribution in [1.82, 2.24) is 4.90 Å². The van der Waals surface area contributed by atoms with Crippen molar-refractivity contribution in [3.8, 4) is 5.75 Å². The topological polar surface area (TPSA) is 28.9 Å². The zero-order valence-corrected chi connectivity index (χ0v) is 14.7. The largest absolute Gasteiger partial charge is 0.464 e. The highest BCUT2D eigenvalue weighted by atomic mass is 16.5. The van der Waals surface area contributed by atoms with Crippen molar-refractivity contribution in [2.45, 2.75) is 25.1 Å². The highest BCUT2D eigenvalue weighted by Gasteiger charge is 2.44. The van der Waals surface area contributed by atoms with Crippen LogP contribution in [0, 0.1) is 5.92 Å². The minimum Gasteiger partial charge on any atom is -0.464 e. The maximum Gasteiger partial charge on any atom is 0.199 e.